The van der Waals surface area contributed by atoms with Crippen molar-refractivity contribution in [3.63, 3.8) is 0 Å². The second-order valence-corrected chi connectivity index (χ2v) is 4.72. The molecule has 0 fully saturated rings. The molecule has 104 valence electrons. The number of nitrogen functional groups attached to an aromatic ring is 1. The Balaban J connectivity index is 2.12. The van der Waals surface area contributed by atoms with Gasteiger partial charge < -0.3 is 10.3 Å². The summed E-state index contributed by atoms with van der Waals surface area (Å²) < 4.78 is 0. The number of hydrogen-bond acceptors (Lipinski definition) is 4. The summed E-state index contributed by atoms with van der Waals surface area (Å²) in [6.45, 7) is 2.60. The third-order valence-electron chi connectivity index (χ3n) is 3.00. The first-order valence-corrected chi connectivity index (χ1v) is 6.34. The van der Waals surface area contributed by atoms with Crippen LogP contribution < -0.4 is 11.3 Å². The zero-order valence-electron chi connectivity index (χ0n) is 11.6. The number of amides is 1. The average molecular weight is 270 g/mol. The molecule has 1 amide bonds. The van der Waals surface area contributed by atoms with Crippen LogP contribution >= 0.6 is 0 Å². The highest BCUT2D eigenvalue weighted by molar-refractivity contribution is 5.94. The van der Waals surface area contributed by atoms with Crippen molar-refractivity contribution < 1.29 is 4.79 Å². The Bertz CT molecular complexity index is 612. The number of nitrogens with two attached hydrogens (primary N) is 1. The number of nitrogens with zero attached hydrogens (tertiary/aromatic N) is 2. The molecule has 0 bridgehead atoms. The van der Waals surface area contributed by atoms with E-state index < -0.39 is 0 Å². The van der Waals surface area contributed by atoms with E-state index in [1.807, 2.05) is 25.1 Å². The first kappa shape index (κ1) is 14.0. The number of hydrogen-bond donors (Lipinski definition) is 2. The fourth-order valence-corrected chi connectivity index (χ4v) is 2.02. The van der Waals surface area contributed by atoms with Crippen LogP contribution in [0.4, 0.5) is 5.82 Å². The molecule has 1 heterocycles. The highest BCUT2D eigenvalue weighted by Crippen LogP contribution is 2.11. The molecular weight excluding hydrogens is 252 g/mol. The number of aryl methyl sites for hydroxylation is 1. The van der Waals surface area contributed by atoms with Crippen LogP contribution in [0.15, 0.2) is 42.6 Å². The Morgan fingerprint density at radius 2 is 2.15 bits per heavy atom. The largest absolute Gasteiger partial charge is 0.337 e. The van der Waals surface area contributed by atoms with Gasteiger partial charge in [0.25, 0.3) is 5.91 Å². The smallest absolute Gasteiger partial charge is 0.254 e. The van der Waals surface area contributed by atoms with E-state index >= 15 is 0 Å². The molecule has 1 aromatic carbocycles. The maximum atomic E-state index is 12.3. The third-order valence-corrected chi connectivity index (χ3v) is 3.00. The Kier molecular flexibility index (Phi) is 4.32. The number of aromatic nitrogens is 1. The monoisotopic (exact) mass is 270 g/mol. The molecule has 5 nitrogen and oxygen atoms in total. The molecule has 3 N–H and O–H groups in total. The summed E-state index contributed by atoms with van der Waals surface area (Å²) in [5.74, 6) is 5.71. The molecule has 0 aliphatic carbocycles. The molecule has 0 radical (unpaired) electrons. The van der Waals surface area contributed by atoms with Crippen molar-refractivity contribution in [1.29, 1.82) is 0 Å². The lowest BCUT2D eigenvalue weighted by Crippen LogP contribution is -2.26. The van der Waals surface area contributed by atoms with Gasteiger partial charge in [-0.25, -0.2) is 10.8 Å². The van der Waals surface area contributed by atoms with E-state index in [-0.39, 0.29) is 5.91 Å². The summed E-state index contributed by atoms with van der Waals surface area (Å²) in [4.78, 5) is 18.0. The number of hydrazine groups is 1. The van der Waals surface area contributed by atoms with Gasteiger partial charge in [0.2, 0.25) is 0 Å². The minimum atomic E-state index is -0.0644. The maximum Gasteiger partial charge on any atom is 0.254 e. The molecule has 2 aromatic rings. The lowest BCUT2D eigenvalue weighted by molar-refractivity contribution is 0.0785. The summed E-state index contributed by atoms with van der Waals surface area (Å²) in [6, 6.07) is 11.4. The van der Waals surface area contributed by atoms with Gasteiger partial charge in [-0.1, -0.05) is 29.8 Å². The molecule has 1 aromatic heterocycles. The lowest BCUT2D eigenvalue weighted by atomic mass is 10.1. The van der Waals surface area contributed by atoms with Crippen LogP contribution in [0.3, 0.4) is 0 Å². The zero-order chi connectivity index (χ0) is 14.5. The third kappa shape index (κ3) is 3.33. The molecule has 0 aliphatic rings. The van der Waals surface area contributed by atoms with Crippen molar-refractivity contribution >= 4 is 11.7 Å². The van der Waals surface area contributed by atoms with Crippen LogP contribution in [0.25, 0.3) is 0 Å². The summed E-state index contributed by atoms with van der Waals surface area (Å²) in [5.41, 5.74) is 5.28. The Labute approximate surface area is 118 Å². The predicted molar refractivity (Wildman–Crippen MR) is 79.0 cm³/mol. The van der Waals surface area contributed by atoms with Crippen LogP contribution in [-0.2, 0) is 6.54 Å². The molecule has 2 rings (SSSR count). The van der Waals surface area contributed by atoms with Crippen LogP contribution in [0.2, 0.25) is 0 Å². The Morgan fingerprint density at radius 1 is 1.35 bits per heavy atom. The molecule has 0 atom stereocenters. The summed E-state index contributed by atoms with van der Waals surface area (Å²) in [6.07, 6.45) is 1.56. The molecule has 0 aliphatic heterocycles. The van der Waals surface area contributed by atoms with Gasteiger partial charge in [0.05, 0.1) is 0 Å². The SMILES string of the molecule is Cc1cccc(CN(C)C(=O)c2ccnc(NN)c2)c1. The molecule has 5 heteroatoms. The summed E-state index contributed by atoms with van der Waals surface area (Å²) >= 11 is 0. The minimum absolute atomic E-state index is 0.0644. The van der Waals surface area contributed by atoms with Crippen LogP contribution in [-0.4, -0.2) is 22.8 Å². The van der Waals surface area contributed by atoms with Gasteiger partial charge in [0, 0.05) is 25.4 Å². The normalized spacial score (nSPS) is 10.2. The van der Waals surface area contributed by atoms with Crippen molar-refractivity contribution in [3.8, 4) is 0 Å². The maximum absolute atomic E-state index is 12.3. The first-order chi connectivity index (χ1) is 9.60. The van der Waals surface area contributed by atoms with Crippen molar-refractivity contribution in [3.05, 3.63) is 59.3 Å². The number of carbonyl (C=O) groups excluding carboxylic acids is 1. The number of nitrogens with one attached hydrogen (secondary N) is 1. The van der Waals surface area contributed by atoms with Gasteiger partial charge >= 0.3 is 0 Å². The number of pyridine rings is 1. The highest BCUT2D eigenvalue weighted by atomic mass is 16.2. The van der Waals surface area contributed by atoms with Crippen molar-refractivity contribution in [1.82, 2.24) is 9.88 Å². The first-order valence-electron chi connectivity index (χ1n) is 6.34. The molecule has 0 unspecified atom stereocenters. The lowest BCUT2D eigenvalue weighted by Gasteiger charge is -2.18. The topological polar surface area (TPSA) is 71.2 Å². The van der Waals surface area contributed by atoms with Gasteiger partial charge in [-0.3, -0.25) is 4.79 Å². The van der Waals surface area contributed by atoms with E-state index in [0.717, 1.165) is 5.56 Å². The number of benzene rings is 1. The van der Waals surface area contributed by atoms with E-state index in [1.54, 1.807) is 30.3 Å². The number of rotatable bonds is 4. The number of carbonyl (C=O) groups is 1. The van der Waals surface area contributed by atoms with Crippen molar-refractivity contribution in [2.24, 2.45) is 5.84 Å². The molecule has 0 spiro atoms. The second-order valence-electron chi connectivity index (χ2n) is 4.72. The summed E-state index contributed by atoms with van der Waals surface area (Å²) in [5, 5.41) is 0. The van der Waals surface area contributed by atoms with E-state index in [4.69, 9.17) is 5.84 Å². The van der Waals surface area contributed by atoms with Crippen molar-refractivity contribution in [2.45, 2.75) is 13.5 Å². The average Bonchev–Trinajstić information content (AvgIpc) is 2.46. The fraction of sp³-hybridized carbons (Fsp3) is 0.200. The quantitative estimate of drug-likeness (QED) is 0.658. The van der Waals surface area contributed by atoms with E-state index in [0.29, 0.717) is 17.9 Å². The second kappa shape index (κ2) is 6.16. The Morgan fingerprint density at radius 3 is 2.85 bits per heavy atom. The predicted octanol–water partition coefficient (Wildman–Crippen LogP) is 1.95. The molecule has 20 heavy (non-hydrogen) atoms. The van der Waals surface area contributed by atoms with Gasteiger partial charge in [0.15, 0.2) is 0 Å². The standard InChI is InChI=1S/C15H18N4O/c1-11-4-3-5-12(8-11)10-19(2)15(20)13-6-7-17-14(9-13)18-16/h3-9H,10,16H2,1-2H3,(H,17,18). The Hall–Kier alpha value is -2.40. The van der Waals surface area contributed by atoms with Crippen molar-refractivity contribution in [2.75, 3.05) is 12.5 Å². The van der Waals surface area contributed by atoms with Gasteiger partial charge in [-0.2, -0.15) is 0 Å². The van der Waals surface area contributed by atoms with E-state index in [2.05, 4.69) is 16.5 Å². The van der Waals surface area contributed by atoms with Crippen LogP contribution in [0.5, 0.6) is 0 Å². The van der Waals surface area contributed by atoms with E-state index in [1.165, 1.54) is 5.56 Å². The van der Waals surface area contributed by atoms with Crippen LogP contribution in [0.1, 0.15) is 21.5 Å². The van der Waals surface area contributed by atoms with Crippen LogP contribution in [0, 0.1) is 6.92 Å². The number of anilines is 1. The van der Waals surface area contributed by atoms with Gasteiger partial charge in [0.1, 0.15) is 5.82 Å². The summed E-state index contributed by atoms with van der Waals surface area (Å²) in [7, 11) is 1.78. The highest BCUT2D eigenvalue weighted by Gasteiger charge is 2.12. The van der Waals surface area contributed by atoms with E-state index in [9.17, 15) is 4.79 Å². The minimum Gasteiger partial charge on any atom is -0.337 e. The zero-order valence-corrected chi connectivity index (χ0v) is 11.6. The molecular formula is C15H18N4O. The fourth-order valence-electron chi connectivity index (χ4n) is 2.02. The van der Waals surface area contributed by atoms with Gasteiger partial charge in [-0.05, 0) is 24.6 Å². The molecule has 0 saturated heterocycles. The van der Waals surface area contributed by atoms with Gasteiger partial charge in [-0.15, -0.1) is 0 Å². The molecule has 0 saturated carbocycles.